The lowest BCUT2D eigenvalue weighted by Crippen LogP contribution is -2.43. The molecule has 112 valence electrons. The fraction of sp³-hybridized carbons (Fsp3) is 0.875. The molecule has 1 saturated heterocycles. The number of allylic oxidation sites excluding steroid dienone is 1. The standard InChI is InChI=1S/C16H32N2O/c1-4-8-16(15(2)19-3)9-6-5-7-12-18-13-10-17-11-14-18/h16-17H,2,4-14H2,1,3H3/t16-/m0/s1. The topological polar surface area (TPSA) is 24.5 Å². The van der Waals surface area contributed by atoms with Crippen LogP contribution in [0.5, 0.6) is 0 Å². The van der Waals surface area contributed by atoms with E-state index in [9.17, 15) is 0 Å². The first-order chi connectivity index (χ1) is 9.27. The smallest absolute Gasteiger partial charge is 0.0914 e. The van der Waals surface area contributed by atoms with E-state index in [4.69, 9.17) is 4.74 Å². The Morgan fingerprint density at radius 3 is 2.58 bits per heavy atom. The molecule has 0 bridgehead atoms. The van der Waals surface area contributed by atoms with Crippen LogP contribution in [0.4, 0.5) is 0 Å². The zero-order chi connectivity index (χ0) is 13.9. The third kappa shape index (κ3) is 6.98. The Morgan fingerprint density at radius 1 is 1.21 bits per heavy atom. The van der Waals surface area contributed by atoms with Crippen LogP contribution in [0.1, 0.15) is 45.4 Å². The van der Waals surface area contributed by atoms with E-state index >= 15 is 0 Å². The van der Waals surface area contributed by atoms with E-state index in [0.29, 0.717) is 5.92 Å². The van der Waals surface area contributed by atoms with Crippen molar-refractivity contribution in [3.05, 3.63) is 12.3 Å². The maximum Gasteiger partial charge on any atom is 0.0914 e. The molecule has 1 heterocycles. The highest BCUT2D eigenvalue weighted by Crippen LogP contribution is 2.23. The van der Waals surface area contributed by atoms with Gasteiger partial charge in [0, 0.05) is 32.1 Å². The Kier molecular flexibility index (Phi) is 8.93. The van der Waals surface area contributed by atoms with Crippen molar-refractivity contribution in [3.63, 3.8) is 0 Å². The van der Waals surface area contributed by atoms with Gasteiger partial charge in [-0.05, 0) is 25.8 Å². The van der Waals surface area contributed by atoms with Gasteiger partial charge in [-0.1, -0.05) is 32.8 Å². The molecule has 0 saturated carbocycles. The fourth-order valence-corrected chi connectivity index (χ4v) is 2.82. The minimum absolute atomic E-state index is 0.564. The molecule has 0 radical (unpaired) electrons. The quantitative estimate of drug-likeness (QED) is 0.487. The first-order valence-corrected chi connectivity index (χ1v) is 7.93. The van der Waals surface area contributed by atoms with Crippen LogP contribution in [-0.2, 0) is 4.74 Å². The van der Waals surface area contributed by atoms with Gasteiger partial charge in [0.05, 0.1) is 12.9 Å². The normalized spacial score (nSPS) is 18.2. The molecule has 0 amide bonds. The minimum Gasteiger partial charge on any atom is -0.501 e. The molecular formula is C16H32N2O. The van der Waals surface area contributed by atoms with Gasteiger partial charge in [-0.3, -0.25) is 0 Å². The van der Waals surface area contributed by atoms with Crippen LogP contribution < -0.4 is 5.32 Å². The molecule has 19 heavy (non-hydrogen) atoms. The van der Waals surface area contributed by atoms with E-state index in [1.807, 2.05) is 0 Å². The van der Waals surface area contributed by atoms with Gasteiger partial charge in [-0.25, -0.2) is 0 Å². The molecule has 0 aromatic rings. The molecule has 1 N–H and O–H groups in total. The fourth-order valence-electron chi connectivity index (χ4n) is 2.82. The summed E-state index contributed by atoms with van der Waals surface area (Å²) < 4.78 is 5.31. The second-order valence-corrected chi connectivity index (χ2v) is 5.60. The van der Waals surface area contributed by atoms with Crippen LogP contribution in [-0.4, -0.2) is 44.7 Å². The van der Waals surface area contributed by atoms with Crippen molar-refractivity contribution in [3.8, 4) is 0 Å². The summed E-state index contributed by atoms with van der Waals surface area (Å²) in [6.07, 6.45) is 7.64. The van der Waals surface area contributed by atoms with Crippen LogP contribution in [0, 0.1) is 5.92 Å². The van der Waals surface area contributed by atoms with Crippen molar-refractivity contribution < 1.29 is 4.74 Å². The van der Waals surface area contributed by atoms with Crippen LogP contribution in [0.3, 0.4) is 0 Å². The maximum atomic E-state index is 5.31. The molecule has 1 fully saturated rings. The van der Waals surface area contributed by atoms with Gasteiger partial charge in [0.2, 0.25) is 0 Å². The molecule has 0 aromatic carbocycles. The van der Waals surface area contributed by atoms with Gasteiger partial charge in [-0.2, -0.15) is 0 Å². The van der Waals surface area contributed by atoms with Gasteiger partial charge >= 0.3 is 0 Å². The molecule has 0 aromatic heterocycles. The molecule has 0 unspecified atom stereocenters. The summed E-state index contributed by atoms with van der Waals surface area (Å²) >= 11 is 0. The molecule has 0 aliphatic carbocycles. The lowest BCUT2D eigenvalue weighted by atomic mass is 9.95. The average Bonchev–Trinajstić information content (AvgIpc) is 2.46. The van der Waals surface area contributed by atoms with Crippen LogP contribution >= 0.6 is 0 Å². The molecule has 3 nitrogen and oxygen atoms in total. The summed E-state index contributed by atoms with van der Waals surface area (Å²) in [7, 11) is 1.75. The summed E-state index contributed by atoms with van der Waals surface area (Å²) in [6, 6.07) is 0. The zero-order valence-corrected chi connectivity index (χ0v) is 12.9. The summed E-state index contributed by atoms with van der Waals surface area (Å²) in [5.41, 5.74) is 0. The van der Waals surface area contributed by atoms with E-state index in [1.54, 1.807) is 7.11 Å². The van der Waals surface area contributed by atoms with Crippen molar-refractivity contribution >= 4 is 0 Å². The second kappa shape index (κ2) is 10.3. The first kappa shape index (κ1) is 16.5. The van der Waals surface area contributed by atoms with Gasteiger partial charge in [0.25, 0.3) is 0 Å². The Labute approximate surface area is 119 Å². The molecule has 3 heteroatoms. The number of piperazine rings is 1. The van der Waals surface area contributed by atoms with E-state index in [-0.39, 0.29) is 0 Å². The van der Waals surface area contributed by atoms with E-state index < -0.39 is 0 Å². The van der Waals surface area contributed by atoms with E-state index in [0.717, 1.165) is 18.8 Å². The number of hydrogen-bond acceptors (Lipinski definition) is 3. The number of rotatable bonds is 10. The van der Waals surface area contributed by atoms with Crippen molar-refractivity contribution in [1.82, 2.24) is 10.2 Å². The third-order valence-electron chi connectivity index (χ3n) is 4.09. The Hall–Kier alpha value is -0.540. The second-order valence-electron chi connectivity index (χ2n) is 5.60. The van der Waals surface area contributed by atoms with Crippen molar-refractivity contribution in [1.29, 1.82) is 0 Å². The Morgan fingerprint density at radius 2 is 1.95 bits per heavy atom. The molecule has 1 aliphatic rings. The molecular weight excluding hydrogens is 236 g/mol. The number of nitrogens with zero attached hydrogens (tertiary/aromatic N) is 1. The maximum absolute atomic E-state index is 5.31. The van der Waals surface area contributed by atoms with Crippen LogP contribution in [0.2, 0.25) is 0 Å². The average molecular weight is 268 g/mol. The highest BCUT2D eigenvalue weighted by Gasteiger charge is 2.12. The highest BCUT2D eigenvalue weighted by atomic mass is 16.5. The summed E-state index contributed by atoms with van der Waals surface area (Å²) in [6.45, 7) is 12.3. The number of methoxy groups -OCH3 is 1. The molecule has 0 spiro atoms. The summed E-state index contributed by atoms with van der Waals surface area (Å²) in [5.74, 6) is 1.54. The predicted molar refractivity (Wildman–Crippen MR) is 82.3 cm³/mol. The van der Waals surface area contributed by atoms with Crippen molar-refractivity contribution in [2.75, 3.05) is 39.8 Å². The first-order valence-electron chi connectivity index (χ1n) is 7.93. The highest BCUT2D eigenvalue weighted by molar-refractivity contribution is 4.90. The number of hydrogen-bond donors (Lipinski definition) is 1. The Bertz CT molecular complexity index is 237. The molecule has 1 atom stereocenters. The van der Waals surface area contributed by atoms with E-state index in [2.05, 4.69) is 23.7 Å². The number of unbranched alkanes of at least 4 members (excludes halogenated alkanes) is 2. The Balaban J connectivity index is 2.05. The molecule has 1 rings (SSSR count). The van der Waals surface area contributed by atoms with E-state index in [1.165, 1.54) is 58.2 Å². The summed E-state index contributed by atoms with van der Waals surface area (Å²) in [5, 5.41) is 3.40. The lowest BCUT2D eigenvalue weighted by molar-refractivity contribution is 0.222. The van der Waals surface area contributed by atoms with Gasteiger partial charge in [0.15, 0.2) is 0 Å². The lowest BCUT2D eigenvalue weighted by Gasteiger charge is -2.27. The third-order valence-corrected chi connectivity index (χ3v) is 4.09. The van der Waals surface area contributed by atoms with Gasteiger partial charge in [0.1, 0.15) is 0 Å². The SMILES string of the molecule is C=C(OC)[C@@H](CCC)CCCCCN1CCNCC1. The van der Waals surface area contributed by atoms with Gasteiger partial charge < -0.3 is 15.0 Å². The van der Waals surface area contributed by atoms with Crippen molar-refractivity contribution in [2.45, 2.75) is 45.4 Å². The summed E-state index contributed by atoms with van der Waals surface area (Å²) in [4.78, 5) is 2.58. The van der Waals surface area contributed by atoms with Crippen molar-refractivity contribution in [2.24, 2.45) is 5.92 Å². The largest absolute Gasteiger partial charge is 0.501 e. The number of ether oxygens (including phenoxy) is 1. The zero-order valence-electron chi connectivity index (χ0n) is 12.9. The van der Waals surface area contributed by atoms with Crippen LogP contribution in [0.25, 0.3) is 0 Å². The minimum atomic E-state index is 0.564. The predicted octanol–water partition coefficient (Wildman–Crippen LogP) is 3.03. The van der Waals surface area contributed by atoms with Crippen LogP contribution in [0.15, 0.2) is 12.3 Å². The van der Waals surface area contributed by atoms with Gasteiger partial charge in [-0.15, -0.1) is 0 Å². The molecule has 1 aliphatic heterocycles. The monoisotopic (exact) mass is 268 g/mol. The number of nitrogens with one attached hydrogen (secondary N) is 1.